The maximum absolute atomic E-state index is 12.7. The molecule has 0 aliphatic carbocycles. The number of benzene rings is 1. The van der Waals surface area contributed by atoms with Gasteiger partial charge < -0.3 is 0 Å². The van der Waals surface area contributed by atoms with E-state index in [1.165, 1.54) is 20.7 Å². The third-order valence-electron chi connectivity index (χ3n) is 3.68. The van der Waals surface area contributed by atoms with Crippen LogP contribution in [0.25, 0.3) is 0 Å². The third-order valence-corrected chi connectivity index (χ3v) is 7.71. The van der Waals surface area contributed by atoms with E-state index >= 15 is 0 Å². The van der Waals surface area contributed by atoms with Crippen molar-refractivity contribution in [1.29, 1.82) is 5.26 Å². The van der Waals surface area contributed by atoms with Crippen LogP contribution in [-0.4, -0.2) is 57.4 Å². The van der Waals surface area contributed by atoms with Gasteiger partial charge in [-0.3, -0.25) is 0 Å². The largest absolute Gasteiger partial charge is 0.244 e. The molecule has 0 spiro atoms. The van der Waals surface area contributed by atoms with Gasteiger partial charge in [-0.1, -0.05) is 19.1 Å². The fourth-order valence-corrected chi connectivity index (χ4v) is 5.56. The van der Waals surface area contributed by atoms with Gasteiger partial charge in [-0.2, -0.15) is 13.9 Å². The molecule has 0 saturated carbocycles. The van der Waals surface area contributed by atoms with Crippen LogP contribution in [0.15, 0.2) is 29.2 Å². The van der Waals surface area contributed by atoms with Gasteiger partial charge in [0.15, 0.2) is 0 Å². The minimum atomic E-state index is -3.80. The summed E-state index contributed by atoms with van der Waals surface area (Å²) in [4.78, 5) is -0.0348. The topological polar surface area (TPSA) is 98.6 Å². The highest BCUT2D eigenvalue weighted by atomic mass is 32.2. The molecule has 1 aliphatic rings. The molecule has 1 fully saturated rings. The summed E-state index contributed by atoms with van der Waals surface area (Å²) < 4.78 is 51.9. The van der Waals surface area contributed by atoms with E-state index in [1.807, 2.05) is 6.07 Å². The molecular formula is C14H19N3O4S2. The summed E-state index contributed by atoms with van der Waals surface area (Å²) in [6.07, 6.45) is 0.524. The summed E-state index contributed by atoms with van der Waals surface area (Å²) in [5, 5.41) is 9.07. The molecule has 0 bridgehead atoms. The van der Waals surface area contributed by atoms with E-state index in [4.69, 9.17) is 5.26 Å². The lowest BCUT2D eigenvalue weighted by molar-refractivity contribution is 0.272. The molecular weight excluding hydrogens is 338 g/mol. The van der Waals surface area contributed by atoms with Crippen molar-refractivity contribution in [2.24, 2.45) is 0 Å². The maximum Gasteiger partial charge on any atom is 0.244 e. The Labute approximate surface area is 137 Å². The molecule has 0 amide bonds. The zero-order valence-electron chi connectivity index (χ0n) is 12.8. The monoisotopic (exact) mass is 357 g/mol. The van der Waals surface area contributed by atoms with E-state index < -0.39 is 20.0 Å². The molecule has 0 N–H and O–H groups in total. The second-order valence-corrected chi connectivity index (χ2v) is 9.22. The van der Waals surface area contributed by atoms with Crippen molar-refractivity contribution < 1.29 is 16.8 Å². The van der Waals surface area contributed by atoms with Gasteiger partial charge in [0.25, 0.3) is 0 Å². The van der Waals surface area contributed by atoms with Crippen LogP contribution in [-0.2, 0) is 20.0 Å². The van der Waals surface area contributed by atoms with Crippen molar-refractivity contribution in [2.75, 3.05) is 31.9 Å². The molecule has 2 rings (SSSR count). The van der Waals surface area contributed by atoms with Crippen LogP contribution in [0.2, 0.25) is 0 Å². The molecule has 1 heterocycles. The van der Waals surface area contributed by atoms with E-state index in [-0.39, 0.29) is 42.4 Å². The molecule has 9 heteroatoms. The molecule has 0 unspecified atom stereocenters. The first kappa shape index (κ1) is 17.9. The number of hydrogen-bond acceptors (Lipinski definition) is 5. The fraction of sp³-hybridized carbons (Fsp3) is 0.500. The average Bonchev–Trinajstić information content (AvgIpc) is 2.55. The van der Waals surface area contributed by atoms with Gasteiger partial charge in [0.2, 0.25) is 20.0 Å². The molecule has 1 aliphatic heterocycles. The summed E-state index contributed by atoms with van der Waals surface area (Å²) in [5.41, 5.74) is 0.0912. The van der Waals surface area contributed by atoms with Crippen molar-refractivity contribution >= 4 is 20.0 Å². The molecule has 1 saturated heterocycles. The van der Waals surface area contributed by atoms with E-state index in [1.54, 1.807) is 19.1 Å². The number of rotatable bonds is 5. The lowest BCUT2D eigenvalue weighted by Crippen LogP contribution is -2.51. The van der Waals surface area contributed by atoms with Gasteiger partial charge in [0.05, 0.1) is 16.2 Å². The Morgan fingerprint density at radius 1 is 1.04 bits per heavy atom. The SMILES string of the molecule is CCCS(=O)(=O)N1CCN(S(=O)(=O)c2ccccc2C#N)CC1. The van der Waals surface area contributed by atoms with Crippen LogP contribution in [0.1, 0.15) is 18.9 Å². The highest BCUT2D eigenvalue weighted by Crippen LogP contribution is 2.21. The zero-order valence-corrected chi connectivity index (χ0v) is 14.5. The Morgan fingerprint density at radius 2 is 1.61 bits per heavy atom. The fourth-order valence-electron chi connectivity index (χ4n) is 2.50. The standard InChI is InChI=1S/C14H19N3O4S2/c1-2-11-22(18,19)16-7-9-17(10-8-16)23(20,21)14-6-4-3-5-13(14)12-15/h3-6H,2,7-11H2,1H3. The summed E-state index contributed by atoms with van der Waals surface area (Å²) in [5.74, 6) is 0.0665. The Balaban J connectivity index is 2.18. The average molecular weight is 357 g/mol. The number of nitriles is 1. The normalized spacial score (nSPS) is 17.7. The summed E-state index contributed by atoms with van der Waals surface area (Å²) in [7, 11) is -7.12. The lowest BCUT2D eigenvalue weighted by atomic mass is 10.2. The van der Waals surface area contributed by atoms with Crippen molar-refractivity contribution in [3.05, 3.63) is 29.8 Å². The van der Waals surface area contributed by atoms with Gasteiger partial charge in [0.1, 0.15) is 6.07 Å². The number of piperazine rings is 1. The lowest BCUT2D eigenvalue weighted by Gasteiger charge is -2.33. The Bertz CT molecular complexity index is 805. The quantitative estimate of drug-likeness (QED) is 0.769. The predicted octanol–water partition coefficient (Wildman–Crippen LogP) is 0.604. The Hall–Kier alpha value is -1.47. The molecule has 0 radical (unpaired) electrons. The highest BCUT2D eigenvalue weighted by molar-refractivity contribution is 7.89. The first-order chi connectivity index (χ1) is 10.8. The number of hydrogen-bond donors (Lipinski definition) is 0. The smallest absolute Gasteiger partial charge is 0.212 e. The third kappa shape index (κ3) is 3.72. The van der Waals surface area contributed by atoms with Crippen molar-refractivity contribution in [3.63, 3.8) is 0 Å². The van der Waals surface area contributed by atoms with Crippen molar-refractivity contribution in [2.45, 2.75) is 18.2 Å². The van der Waals surface area contributed by atoms with E-state index in [2.05, 4.69) is 0 Å². The Kier molecular flexibility index (Phi) is 5.41. The predicted molar refractivity (Wildman–Crippen MR) is 85.6 cm³/mol. The molecule has 1 aromatic rings. The number of sulfonamides is 2. The summed E-state index contributed by atoms with van der Waals surface area (Å²) >= 11 is 0. The van der Waals surface area contributed by atoms with Gasteiger partial charge in [-0.25, -0.2) is 16.8 Å². The van der Waals surface area contributed by atoms with Gasteiger partial charge >= 0.3 is 0 Å². The number of nitrogens with zero attached hydrogens (tertiary/aromatic N) is 3. The molecule has 1 aromatic carbocycles. The van der Waals surface area contributed by atoms with Crippen molar-refractivity contribution in [3.8, 4) is 6.07 Å². The van der Waals surface area contributed by atoms with Crippen LogP contribution in [0.4, 0.5) is 0 Å². The van der Waals surface area contributed by atoms with E-state index in [0.717, 1.165) is 0 Å². The van der Waals surface area contributed by atoms with Crippen LogP contribution in [0.3, 0.4) is 0 Å². The minimum Gasteiger partial charge on any atom is -0.212 e. The van der Waals surface area contributed by atoms with Crippen LogP contribution < -0.4 is 0 Å². The van der Waals surface area contributed by atoms with E-state index in [0.29, 0.717) is 6.42 Å². The summed E-state index contributed by atoms with van der Waals surface area (Å²) in [6, 6.07) is 7.90. The Morgan fingerprint density at radius 3 is 2.17 bits per heavy atom. The van der Waals surface area contributed by atoms with E-state index in [9.17, 15) is 16.8 Å². The second kappa shape index (κ2) is 6.97. The second-order valence-electron chi connectivity index (χ2n) is 5.23. The first-order valence-corrected chi connectivity index (χ1v) is 10.3. The molecule has 0 aromatic heterocycles. The first-order valence-electron chi connectivity index (χ1n) is 7.30. The molecule has 0 atom stereocenters. The molecule has 7 nitrogen and oxygen atoms in total. The summed E-state index contributed by atoms with van der Waals surface area (Å²) in [6.45, 7) is 2.24. The minimum absolute atomic E-state index is 0.0348. The highest BCUT2D eigenvalue weighted by Gasteiger charge is 2.33. The van der Waals surface area contributed by atoms with Gasteiger partial charge in [-0.15, -0.1) is 0 Å². The van der Waals surface area contributed by atoms with Gasteiger partial charge in [0, 0.05) is 26.2 Å². The van der Waals surface area contributed by atoms with Crippen LogP contribution >= 0.6 is 0 Å². The van der Waals surface area contributed by atoms with Crippen LogP contribution in [0.5, 0.6) is 0 Å². The van der Waals surface area contributed by atoms with Gasteiger partial charge in [-0.05, 0) is 18.6 Å². The zero-order chi connectivity index (χ0) is 17.1. The van der Waals surface area contributed by atoms with Crippen molar-refractivity contribution in [1.82, 2.24) is 8.61 Å². The van der Waals surface area contributed by atoms with Crippen LogP contribution in [0, 0.1) is 11.3 Å². The molecule has 23 heavy (non-hydrogen) atoms. The molecule has 126 valence electrons. The maximum atomic E-state index is 12.7.